The molecule has 3 nitrogen and oxygen atoms in total. The molecule has 0 spiro atoms. The molecule has 0 N–H and O–H groups in total. The molecule has 1 aromatic heterocycles. The lowest BCUT2D eigenvalue weighted by atomic mass is 10.5. The smallest absolute Gasteiger partial charge is 0.255 e. The third kappa shape index (κ3) is 2.36. The summed E-state index contributed by atoms with van der Waals surface area (Å²) in [5.74, 6) is 0. The van der Waals surface area contributed by atoms with Gasteiger partial charge in [-0.2, -0.15) is 0 Å². The number of nitrogens with zero attached hydrogens (tertiary/aromatic N) is 2. The van der Waals surface area contributed by atoms with E-state index in [1.54, 1.807) is 0 Å². The van der Waals surface area contributed by atoms with Gasteiger partial charge in [-0.25, -0.2) is 4.98 Å². The molecule has 0 aliphatic heterocycles. The van der Waals surface area contributed by atoms with Crippen LogP contribution >= 0.6 is 23.2 Å². The lowest BCUT2D eigenvalue weighted by Gasteiger charge is -2.01. The van der Waals surface area contributed by atoms with Crippen molar-refractivity contribution in [2.45, 2.75) is 6.54 Å². The number of halogens is 2. The molecule has 0 aliphatic rings. The minimum atomic E-state index is -0.239. The molecule has 1 aromatic rings. The minimum absolute atomic E-state index is 0.177. The highest BCUT2D eigenvalue weighted by Crippen LogP contribution is 2.01. The van der Waals surface area contributed by atoms with Gasteiger partial charge in [0.15, 0.2) is 0 Å². The van der Waals surface area contributed by atoms with Crippen LogP contribution in [0.25, 0.3) is 0 Å². The summed E-state index contributed by atoms with van der Waals surface area (Å²) in [7, 11) is 0. The van der Waals surface area contributed by atoms with E-state index in [0.717, 1.165) is 0 Å². The second-order valence-electron chi connectivity index (χ2n) is 2.20. The van der Waals surface area contributed by atoms with Gasteiger partial charge in [0.1, 0.15) is 5.15 Å². The number of rotatable bonds is 2. The molecule has 0 bridgehead atoms. The molecule has 0 saturated carbocycles. The van der Waals surface area contributed by atoms with Gasteiger partial charge < -0.3 is 0 Å². The quantitative estimate of drug-likeness (QED) is 0.688. The molecule has 0 atom stereocenters. The van der Waals surface area contributed by atoms with Crippen molar-refractivity contribution >= 4 is 23.2 Å². The van der Waals surface area contributed by atoms with Crippen LogP contribution in [0.1, 0.15) is 0 Å². The topological polar surface area (TPSA) is 34.9 Å². The number of hydrogen-bond donors (Lipinski definition) is 0. The van der Waals surface area contributed by atoms with Crippen LogP contribution < -0.4 is 5.56 Å². The highest BCUT2D eigenvalue weighted by molar-refractivity contribution is 6.29. The average molecular weight is 205 g/mol. The summed E-state index contributed by atoms with van der Waals surface area (Å²) in [4.78, 5) is 14.8. The van der Waals surface area contributed by atoms with Gasteiger partial charge in [0.2, 0.25) is 0 Å². The van der Waals surface area contributed by atoms with Gasteiger partial charge >= 0.3 is 0 Å². The van der Waals surface area contributed by atoms with E-state index >= 15 is 0 Å². The van der Waals surface area contributed by atoms with Gasteiger partial charge in [-0.05, 0) is 0 Å². The second-order valence-corrected chi connectivity index (χ2v) is 3.12. The zero-order valence-corrected chi connectivity index (χ0v) is 7.64. The Bertz CT molecular complexity index is 359. The Morgan fingerprint density at radius 2 is 2.42 bits per heavy atom. The van der Waals surface area contributed by atoms with E-state index in [0.29, 0.717) is 5.03 Å². The molecule has 1 heterocycles. The summed E-state index contributed by atoms with van der Waals surface area (Å²) >= 11 is 11.0. The molecule has 0 radical (unpaired) electrons. The molecule has 0 unspecified atom stereocenters. The van der Waals surface area contributed by atoms with Crippen LogP contribution in [0, 0.1) is 0 Å². The van der Waals surface area contributed by atoms with Gasteiger partial charge in [-0.3, -0.25) is 9.36 Å². The maximum absolute atomic E-state index is 11.1. The van der Waals surface area contributed by atoms with Crippen LogP contribution in [0.15, 0.2) is 28.8 Å². The number of hydrogen-bond acceptors (Lipinski definition) is 2. The number of aromatic nitrogens is 2. The number of allylic oxidation sites excluding steroid dienone is 1. The molecule has 0 fully saturated rings. The average Bonchev–Trinajstić information content (AvgIpc) is 1.94. The van der Waals surface area contributed by atoms with E-state index < -0.39 is 0 Å². The molecule has 0 saturated heterocycles. The predicted molar refractivity (Wildman–Crippen MR) is 48.5 cm³/mol. The molecule has 0 aliphatic carbocycles. The molecule has 5 heteroatoms. The summed E-state index contributed by atoms with van der Waals surface area (Å²) in [5, 5.41) is 0.553. The van der Waals surface area contributed by atoms with Crippen molar-refractivity contribution < 1.29 is 0 Å². The fourth-order valence-electron chi connectivity index (χ4n) is 0.707. The van der Waals surface area contributed by atoms with Crippen LogP contribution in [0.5, 0.6) is 0 Å². The Morgan fingerprint density at radius 3 is 2.92 bits per heavy atom. The Morgan fingerprint density at radius 1 is 1.75 bits per heavy atom. The van der Waals surface area contributed by atoms with Crippen molar-refractivity contribution in [1.82, 2.24) is 9.55 Å². The lowest BCUT2D eigenvalue weighted by molar-refractivity contribution is 0.746. The van der Waals surface area contributed by atoms with Crippen LogP contribution in [-0.4, -0.2) is 9.55 Å². The van der Waals surface area contributed by atoms with Crippen molar-refractivity contribution in [2.24, 2.45) is 0 Å². The van der Waals surface area contributed by atoms with Crippen molar-refractivity contribution in [2.75, 3.05) is 0 Å². The predicted octanol–water partition coefficient (Wildman–Crippen LogP) is 1.65. The van der Waals surface area contributed by atoms with Crippen molar-refractivity contribution in [3.8, 4) is 0 Å². The highest BCUT2D eigenvalue weighted by atomic mass is 35.5. The fourth-order valence-corrected chi connectivity index (χ4v) is 0.973. The first-order chi connectivity index (χ1) is 5.59. The summed E-state index contributed by atoms with van der Waals surface area (Å²) in [5.41, 5.74) is -0.239. The first-order valence-corrected chi connectivity index (χ1v) is 3.90. The third-order valence-electron chi connectivity index (χ3n) is 1.19. The first kappa shape index (κ1) is 9.29. The monoisotopic (exact) mass is 204 g/mol. The van der Waals surface area contributed by atoms with Gasteiger partial charge in [0.05, 0.1) is 12.9 Å². The Hall–Kier alpha value is -0.800. The summed E-state index contributed by atoms with van der Waals surface area (Å²) in [6.45, 7) is 3.71. The normalized spacial score (nSPS) is 9.83. The van der Waals surface area contributed by atoms with E-state index in [1.807, 2.05) is 0 Å². The van der Waals surface area contributed by atoms with E-state index in [2.05, 4.69) is 11.6 Å². The van der Waals surface area contributed by atoms with E-state index in [9.17, 15) is 4.79 Å². The fraction of sp³-hybridized carbons (Fsp3) is 0.143. The van der Waals surface area contributed by atoms with Gasteiger partial charge in [-0.15, -0.1) is 0 Å². The molecular formula is C7H6Cl2N2O. The maximum Gasteiger partial charge on any atom is 0.255 e. The molecule has 1 rings (SSSR count). The minimum Gasteiger partial charge on any atom is -0.294 e. The van der Waals surface area contributed by atoms with Crippen LogP contribution in [0.3, 0.4) is 0 Å². The Labute approximate surface area is 79.3 Å². The standard InChI is InChI=1S/C7H6Cl2N2O/c1-5(8)3-11-4-10-6(9)2-7(11)12/h2,4H,1,3H2. The Kier molecular flexibility index (Phi) is 2.89. The van der Waals surface area contributed by atoms with Crippen molar-refractivity contribution in [1.29, 1.82) is 0 Å². The van der Waals surface area contributed by atoms with Gasteiger partial charge in [0.25, 0.3) is 5.56 Å². The van der Waals surface area contributed by atoms with Crippen LogP contribution in [0.2, 0.25) is 5.15 Å². The van der Waals surface area contributed by atoms with Crippen LogP contribution in [-0.2, 0) is 6.54 Å². The maximum atomic E-state index is 11.1. The third-order valence-corrected chi connectivity index (χ3v) is 1.51. The molecule has 64 valence electrons. The molecule has 12 heavy (non-hydrogen) atoms. The van der Waals surface area contributed by atoms with Gasteiger partial charge in [-0.1, -0.05) is 29.8 Å². The van der Waals surface area contributed by atoms with E-state index in [4.69, 9.17) is 23.2 Å². The van der Waals surface area contributed by atoms with E-state index in [-0.39, 0.29) is 17.3 Å². The van der Waals surface area contributed by atoms with Gasteiger partial charge in [0, 0.05) is 11.1 Å². The van der Waals surface area contributed by atoms with Crippen LogP contribution in [0.4, 0.5) is 0 Å². The van der Waals surface area contributed by atoms with Crippen molar-refractivity contribution in [3.63, 3.8) is 0 Å². The summed E-state index contributed by atoms with van der Waals surface area (Å²) < 4.78 is 1.32. The molecular weight excluding hydrogens is 199 g/mol. The van der Waals surface area contributed by atoms with E-state index in [1.165, 1.54) is 17.0 Å². The SMILES string of the molecule is C=C(Cl)Cn1cnc(Cl)cc1=O. The van der Waals surface area contributed by atoms with Crippen molar-refractivity contribution in [3.05, 3.63) is 39.5 Å². The lowest BCUT2D eigenvalue weighted by Crippen LogP contribution is -2.19. The summed E-state index contributed by atoms with van der Waals surface area (Å²) in [6.07, 6.45) is 1.33. The molecule has 0 amide bonds. The zero-order valence-electron chi connectivity index (χ0n) is 6.13. The second kappa shape index (κ2) is 3.74. The Balaban J connectivity index is 3.02. The first-order valence-electron chi connectivity index (χ1n) is 3.15. The molecule has 0 aromatic carbocycles. The highest BCUT2D eigenvalue weighted by Gasteiger charge is 1.97. The zero-order chi connectivity index (χ0) is 9.14. The largest absolute Gasteiger partial charge is 0.294 e. The summed E-state index contributed by atoms with van der Waals surface area (Å²) in [6, 6.07) is 1.22.